The van der Waals surface area contributed by atoms with E-state index in [0.29, 0.717) is 19.3 Å². The van der Waals surface area contributed by atoms with Crippen LogP contribution in [-0.2, 0) is 0 Å². The van der Waals surface area contributed by atoms with E-state index in [4.69, 9.17) is 9.47 Å². The lowest BCUT2D eigenvalue weighted by molar-refractivity contribution is 0.166. The molecule has 2 aliphatic rings. The van der Waals surface area contributed by atoms with Crippen LogP contribution < -0.4 is 9.47 Å². The van der Waals surface area contributed by atoms with Gasteiger partial charge in [-0.3, -0.25) is 4.90 Å². The van der Waals surface area contributed by atoms with Gasteiger partial charge >= 0.3 is 0 Å². The maximum absolute atomic E-state index is 5.76. The average Bonchev–Trinajstić information content (AvgIpc) is 2.75. The summed E-state index contributed by atoms with van der Waals surface area (Å²) in [4.78, 5) is 2.40. The fourth-order valence-electron chi connectivity index (χ4n) is 2.66. The zero-order valence-electron chi connectivity index (χ0n) is 9.61. The monoisotopic (exact) mass is 219 g/mol. The first-order valence-electron chi connectivity index (χ1n) is 5.95. The smallest absolute Gasteiger partial charge is 0.166 e. The molecule has 0 spiro atoms. The standard InChI is InChI=1S/C13H17NO2/c1-14-7-3-5-11(14)10-4-2-6-12-13(10)16-9-8-15-12/h2,4,6,11H,3,5,7-9H2,1H3/t11-/m1/s1. The number of benzene rings is 1. The van der Waals surface area contributed by atoms with Gasteiger partial charge in [-0.25, -0.2) is 0 Å². The van der Waals surface area contributed by atoms with Crippen molar-refractivity contribution in [1.29, 1.82) is 0 Å². The summed E-state index contributed by atoms with van der Waals surface area (Å²) in [5.74, 6) is 1.87. The van der Waals surface area contributed by atoms with Gasteiger partial charge in [0.05, 0.1) is 0 Å². The van der Waals surface area contributed by atoms with Gasteiger partial charge in [-0.15, -0.1) is 0 Å². The van der Waals surface area contributed by atoms with Crippen LogP contribution in [0, 0.1) is 0 Å². The van der Waals surface area contributed by atoms with Crippen LogP contribution in [0.15, 0.2) is 18.2 Å². The van der Waals surface area contributed by atoms with Crippen LogP contribution in [0.3, 0.4) is 0 Å². The fourth-order valence-corrected chi connectivity index (χ4v) is 2.66. The summed E-state index contributed by atoms with van der Waals surface area (Å²) in [7, 11) is 2.18. The predicted molar refractivity (Wildman–Crippen MR) is 62.0 cm³/mol. The molecule has 1 fully saturated rings. The molecule has 1 atom stereocenters. The minimum Gasteiger partial charge on any atom is -0.486 e. The number of para-hydroxylation sites is 1. The summed E-state index contributed by atoms with van der Waals surface area (Å²) in [5, 5.41) is 0. The quantitative estimate of drug-likeness (QED) is 0.723. The number of ether oxygens (including phenoxy) is 2. The number of nitrogens with zero attached hydrogens (tertiary/aromatic N) is 1. The second-order valence-electron chi connectivity index (χ2n) is 4.51. The van der Waals surface area contributed by atoms with E-state index in [1.54, 1.807) is 0 Å². The van der Waals surface area contributed by atoms with Gasteiger partial charge in [0.2, 0.25) is 0 Å². The van der Waals surface area contributed by atoms with Crippen LogP contribution in [0.4, 0.5) is 0 Å². The molecule has 1 aromatic rings. The van der Waals surface area contributed by atoms with Crippen LogP contribution in [0.5, 0.6) is 11.5 Å². The maximum atomic E-state index is 5.76. The van der Waals surface area contributed by atoms with Crippen molar-refractivity contribution in [2.45, 2.75) is 18.9 Å². The third-order valence-electron chi connectivity index (χ3n) is 3.48. The van der Waals surface area contributed by atoms with Gasteiger partial charge in [-0.2, -0.15) is 0 Å². The van der Waals surface area contributed by atoms with E-state index in [9.17, 15) is 0 Å². The molecule has 0 saturated carbocycles. The van der Waals surface area contributed by atoms with Crippen molar-refractivity contribution in [2.24, 2.45) is 0 Å². The summed E-state index contributed by atoms with van der Waals surface area (Å²) >= 11 is 0. The fraction of sp³-hybridized carbons (Fsp3) is 0.538. The maximum Gasteiger partial charge on any atom is 0.166 e. The Morgan fingerprint density at radius 3 is 2.94 bits per heavy atom. The Hall–Kier alpha value is -1.22. The molecular formula is C13H17NO2. The molecule has 0 bridgehead atoms. The highest BCUT2D eigenvalue weighted by molar-refractivity contribution is 5.49. The molecule has 0 aliphatic carbocycles. The minimum absolute atomic E-state index is 0.497. The average molecular weight is 219 g/mol. The number of fused-ring (bicyclic) bond motifs is 1. The molecule has 86 valence electrons. The van der Waals surface area contributed by atoms with Crippen molar-refractivity contribution in [3.63, 3.8) is 0 Å². The molecule has 3 rings (SSSR count). The van der Waals surface area contributed by atoms with Crippen molar-refractivity contribution in [2.75, 3.05) is 26.8 Å². The van der Waals surface area contributed by atoms with E-state index < -0.39 is 0 Å². The van der Waals surface area contributed by atoms with Crippen molar-refractivity contribution < 1.29 is 9.47 Å². The molecule has 0 aromatic heterocycles. The minimum atomic E-state index is 0.497. The molecule has 1 aromatic carbocycles. The number of likely N-dealkylation sites (tertiary alicyclic amines) is 1. The highest BCUT2D eigenvalue weighted by Crippen LogP contribution is 2.41. The van der Waals surface area contributed by atoms with E-state index in [0.717, 1.165) is 11.5 Å². The Bertz CT molecular complexity index is 392. The van der Waals surface area contributed by atoms with Gasteiger partial charge in [0.25, 0.3) is 0 Å². The van der Waals surface area contributed by atoms with Crippen LogP contribution in [0.1, 0.15) is 24.4 Å². The molecule has 2 aliphatic heterocycles. The second kappa shape index (κ2) is 3.98. The first-order chi connectivity index (χ1) is 7.86. The summed E-state index contributed by atoms with van der Waals surface area (Å²) in [6, 6.07) is 6.72. The van der Waals surface area contributed by atoms with Gasteiger partial charge < -0.3 is 9.47 Å². The van der Waals surface area contributed by atoms with Gasteiger partial charge in [0, 0.05) is 11.6 Å². The third-order valence-corrected chi connectivity index (χ3v) is 3.48. The lowest BCUT2D eigenvalue weighted by Crippen LogP contribution is -2.21. The van der Waals surface area contributed by atoms with E-state index in [1.807, 2.05) is 6.07 Å². The highest BCUT2D eigenvalue weighted by atomic mass is 16.6. The summed E-state index contributed by atoms with van der Waals surface area (Å²) in [6.07, 6.45) is 2.49. The van der Waals surface area contributed by atoms with Crippen molar-refractivity contribution in [3.05, 3.63) is 23.8 Å². The summed E-state index contributed by atoms with van der Waals surface area (Å²) in [6.45, 7) is 2.51. The van der Waals surface area contributed by atoms with Gasteiger partial charge in [0.1, 0.15) is 13.2 Å². The predicted octanol–water partition coefficient (Wildman–Crippen LogP) is 2.22. The lowest BCUT2D eigenvalue weighted by atomic mass is 10.0. The van der Waals surface area contributed by atoms with Crippen LogP contribution >= 0.6 is 0 Å². The molecule has 0 N–H and O–H groups in total. The van der Waals surface area contributed by atoms with Crippen molar-refractivity contribution in [1.82, 2.24) is 4.90 Å². The SMILES string of the molecule is CN1CCC[C@@H]1c1cccc2c1OCCO2. The zero-order chi connectivity index (χ0) is 11.0. The van der Waals surface area contributed by atoms with Crippen LogP contribution in [-0.4, -0.2) is 31.7 Å². The molecule has 3 nitrogen and oxygen atoms in total. The van der Waals surface area contributed by atoms with E-state index in [1.165, 1.54) is 24.9 Å². The first-order valence-corrected chi connectivity index (χ1v) is 5.95. The molecule has 0 amide bonds. The van der Waals surface area contributed by atoms with E-state index in [2.05, 4.69) is 24.1 Å². The number of rotatable bonds is 1. The Morgan fingerprint density at radius 2 is 2.12 bits per heavy atom. The Labute approximate surface area is 96.0 Å². The van der Waals surface area contributed by atoms with Gasteiger partial charge in [0.15, 0.2) is 11.5 Å². The molecular weight excluding hydrogens is 202 g/mol. The van der Waals surface area contributed by atoms with E-state index >= 15 is 0 Å². The van der Waals surface area contributed by atoms with Crippen molar-refractivity contribution in [3.8, 4) is 11.5 Å². The topological polar surface area (TPSA) is 21.7 Å². The summed E-state index contributed by atoms with van der Waals surface area (Å²) < 4.78 is 11.4. The van der Waals surface area contributed by atoms with E-state index in [-0.39, 0.29) is 0 Å². The molecule has 16 heavy (non-hydrogen) atoms. The Balaban J connectivity index is 2.00. The highest BCUT2D eigenvalue weighted by Gasteiger charge is 2.27. The number of hydrogen-bond acceptors (Lipinski definition) is 3. The zero-order valence-corrected chi connectivity index (χ0v) is 9.61. The second-order valence-corrected chi connectivity index (χ2v) is 4.51. The lowest BCUT2D eigenvalue weighted by Gasteiger charge is -2.26. The first kappa shape index (κ1) is 9.97. The molecule has 2 heterocycles. The van der Waals surface area contributed by atoms with Crippen molar-refractivity contribution >= 4 is 0 Å². The van der Waals surface area contributed by atoms with Crippen LogP contribution in [0.2, 0.25) is 0 Å². The molecule has 3 heteroatoms. The number of hydrogen-bond donors (Lipinski definition) is 0. The van der Waals surface area contributed by atoms with Crippen LogP contribution in [0.25, 0.3) is 0 Å². The Kier molecular flexibility index (Phi) is 2.48. The third kappa shape index (κ3) is 1.55. The largest absolute Gasteiger partial charge is 0.486 e. The molecule has 1 saturated heterocycles. The van der Waals surface area contributed by atoms with Gasteiger partial charge in [-0.1, -0.05) is 12.1 Å². The Morgan fingerprint density at radius 1 is 1.25 bits per heavy atom. The normalized spacial score (nSPS) is 24.7. The van der Waals surface area contributed by atoms with Gasteiger partial charge in [-0.05, 0) is 32.5 Å². The summed E-state index contributed by atoms with van der Waals surface area (Å²) in [5.41, 5.74) is 1.29. The molecule has 0 unspecified atom stereocenters. The molecule has 0 radical (unpaired) electrons.